The number of hydrogen-bond acceptors (Lipinski definition) is 7. The Morgan fingerprint density at radius 1 is 0.353 bits per heavy atom. The molecule has 0 aromatic rings. The lowest BCUT2D eigenvalue weighted by atomic mass is 10.0. The number of carboxylic acids is 1. The molecular weight excluding hydrogens is 1050 g/mol. The highest BCUT2D eigenvalue weighted by atomic mass is 16.7. The predicted molar refractivity (Wildman–Crippen MR) is 364 cm³/mol. The molecule has 2 unspecified atom stereocenters. The largest absolute Gasteiger partial charge is 0.477 e. The highest BCUT2D eigenvalue weighted by Crippen LogP contribution is 2.19. The molecule has 1 N–H and O–H groups in total. The van der Waals surface area contributed by atoms with Gasteiger partial charge in [0.1, 0.15) is 13.2 Å². The van der Waals surface area contributed by atoms with Crippen LogP contribution >= 0.6 is 0 Å². The van der Waals surface area contributed by atoms with Crippen molar-refractivity contribution in [1.82, 2.24) is 0 Å². The Balaban J connectivity index is 4.01. The summed E-state index contributed by atoms with van der Waals surface area (Å²) in [5, 5.41) is 9.75. The van der Waals surface area contributed by atoms with Crippen LogP contribution in [0.1, 0.15) is 373 Å². The highest BCUT2D eigenvalue weighted by molar-refractivity contribution is 5.71. The second-order valence-corrected chi connectivity index (χ2v) is 26.6. The standard InChI is InChI=1S/C76H143NO8/c1-6-8-10-12-14-16-18-20-22-24-26-28-30-32-33-34-35-36-37-38-39-40-41-43-45-47-49-51-53-55-57-59-61-63-65-67-74(79)85-72(71-84-76(75(80)81)82-69-68-77(3,4)5)70-83-73(78)66-64-62-60-58-56-54-52-50-48-46-44-42-31-29-27-25-23-21-19-17-15-13-11-9-7-2/h18,20,24-27,72,76H,6-17,19,21-23,28-71H2,1-5H3/p+1/b20-18-,26-24-,27-25-. The van der Waals surface area contributed by atoms with Gasteiger partial charge in [-0.05, 0) is 70.6 Å². The molecule has 0 heterocycles. The Hall–Kier alpha value is -2.49. The molecule has 500 valence electrons. The molecule has 9 heteroatoms. The first-order valence-electron chi connectivity index (χ1n) is 37.2. The summed E-state index contributed by atoms with van der Waals surface area (Å²) in [6.45, 7) is 4.94. The van der Waals surface area contributed by atoms with Crippen LogP contribution in [-0.2, 0) is 33.3 Å². The fourth-order valence-corrected chi connectivity index (χ4v) is 11.2. The van der Waals surface area contributed by atoms with E-state index in [4.69, 9.17) is 18.9 Å². The number of aliphatic carboxylic acids is 1. The van der Waals surface area contributed by atoms with E-state index < -0.39 is 18.4 Å². The lowest BCUT2D eigenvalue weighted by Gasteiger charge is -2.25. The molecule has 0 spiro atoms. The minimum atomic E-state index is -1.51. The Labute approximate surface area is 528 Å². The van der Waals surface area contributed by atoms with Gasteiger partial charge in [-0.25, -0.2) is 4.79 Å². The zero-order chi connectivity index (χ0) is 61.9. The van der Waals surface area contributed by atoms with Crippen LogP contribution in [0.4, 0.5) is 0 Å². The SMILES string of the molecule is CCCCCCC/C=C\C/C=C\CCCCCCCCCCCCCCCCCCCCCCCCCC(=O)OC(COC(=O)CCCCCCCCCCCCCCC/C=C\CCCCCCCCCC)COC(OCC[N+](C)(C)C)C(=O)O. The van der Waals surface area contributed by atoms with E-state index in [2.05, 4.69) is 50.3 Å². The number of ether oxygens (including phenoxy) is 4. The first-order chi connectivity index (χ1) is 41.6. The third-order valence-electron chi connectivity index (χ3n) is 16.9. The number of likely N-dealkylation sites (N-methyl/N-ethyl adjacent to an activating group) is 1. The predicted octanol–water partition coefficient (Wildman–Crippen LogP) is 23.1. The lowest BCUT2D eigenvalue weighted by molar-refractivity contribution is -0.870. The van der Waals surface area contributed by atoms with Gasteiger partial charge in [-0.2, -0.15) is 0 Å². The van der Waals surface area contributed by atoms with Crippen LogP contribution in [0, 0.1) is 0 Å². The number of carboxylic acid groups (broad SMARTS) is 1. The Kier molecular flexibility index (Phi) is 65.5. The number of allylic oxidation sites excluding steroid dienone is 6. The average Bonchev–Trinajstić information content (AvgIpc) is 3.48. The minimum absolute atomic E-state index is 0.176. The van der Waals surface area contributed by atoms with E-state index >= 15 is 0 Å². The van der Waals surface area contributed by atoms with E-state index in [1.807, 2.05) is 21.1 Å². The van der Waals surface area contributed by atoms with E-state index in [1.54, 1.807) is 0 Å². The number of carbonyl (C=O) groups is 3. The molecule has 0 radical (unpaired) electrons. The van der Waals surface area contributed by atoms with E-state index in [1.165, 1.54) is 302 Å². The van der Waals surface area contributed by atoms with Crippen molar-refractivity contribution in [2.75, 3.05) is 47.5 Å². The lowest BCUT2D eigenvalue weighted by Crippen LogP contribution is -2.40. The fourth-order valence-electron chi connectivity index (χ4n) is 11.2. The topological polar surface area (TPSA) is 108 Å². The van der Waals surface area contributed by atoms with Gasteiger partial charge in [0.2, 0.25) is 0 Å². The molecule has 85 heavy (non-hydrogen) atoms. The van der Waals surface area contributed by atoms with Crippen LogP contribution in [0.25, 0.3) is 0 Å². The molecule has 2 atom stereocenters. The van der Waals surface area contributed by atoms with E-state index in [9.17, 15) is 19.5 Å². The summed E-state index contributed by atoms with van der Waals surface area (Å²) in [7, 11) is 5.99. The van der Waals surface area contributed by atoms with Gasteiger partial charge in [0, 0.05) is 12.8 Å². The van der Waals surface area contributed by atoms with E-state index in [0.717, 1.165) is 44.9 Å². The molecule has 0 amide bonds. The second kappa shape index (κ2) is 67.4. The number of esters is 2. The number of hydrogen-bond donors (Lipinski definition) is 1. The van der Waals surface area contributed by atoms with Gasteiger partial charge in [0.05, 0.1) is 34.4 Å². The molecule has 0 aliphatic rings. The van der Waals surface area contributed by atoms with Gasteiger partial charge in [0.15, 0.2) is 6.10 Å². The number of nitrogens with zero attached hydrogens (tertiary/aromatic N) is 1. The Bertz CT molecular complexity index is 1490. The molecule has 0 bridgehead atoms. The summed E-state index contributed by atoms with van der Waals surface area (Å²) < 4.78 is 23.0. The molecule has 9 nitrogen and oxygen atoms in total. The van der Waals surface area contributed by atoms with E-state index in [-0.39, 0.29) is 38.2 Å². The van der Waals surface area contributed by atoms with Gasteiger partial charge in [0.25, 0.3) is 6.29 Å². The van der Waals surface area contributed by atoms with Crippen molar-refractivity contribution in [3.63, 3.8) is 0 Å². The van der Waals surface area contributed by atoms with Crippen LogP contribution in [-0.4, -0.2) is 87.4 Å². The molecule has 0 aromatic heterocycles. The maximum Gasteiger partial charge on any atom is 0.361 e. The van der Waals surface area contributed by atoms with E-state index in [0.29, 0.717) is 17.4 Å². The molecule has 0 aromatic carbocycles. The van der Waals surface area contributed by atoms with Gasteiger partial charge >= 0.3 is 17.9 Å². The number of unbranched alkanes of at least 4 members (excludes halogenated alkanes) is 49. The average molecular weight is 1200 g/mol. The van der Waals surface area contributed by atoms with Crippen LogP contribution in [0.5, 0.6) is 0 Å². The molecule has 0 aliphatic carbocycles. The van der Waals surface area contributed by atoms with Crippen LogP contribution in [0.15, 0.2) is 36.5 Å². The van der Waals surface area contributed by atoms with Crippen molar-refractivity contribution in [2.24, 2.45) is 0 Å². The molecular formula is C76H144NO8+. The molecule has 0 fully saturated rings. The normalized spacial score (nSPS) is 12.8. The Morgan fingerprint density at radius 2 is 0.635 bits per heavy atom. The fraction of sp³-hybridized carbons (Fsp3) is 0.882. The second-order valence-electron chi connectivity index (χ2n) is 26.6. The van der Waals surface area contributed by atoms with Crippen molar-refractivity contribution in [1.29, 1.82) is 0 Å². The Morgan fingerprint density at radius 3 is 0.941 bits per heavy atom. The maximum atomic E-state index is 13.0. The molecule has 0 saturated carbocycles. The third kappa shape index (κ3) is 68.9. The number of quaternary nitrogens is 1. The molecule has 0 saturated heterocycles. The van der Waals surface area contributed by atoms with Crippen molar-refractivity contribution in [3.05, 3.63) is 36.5 Å². The van der Waals surface area contributed by atoms with Gasteiger partial charge in [-0.3, -0.25) is 9.59 Å². The first kappa shape index (κ1) is 82.5. The maximum absolute atomic E-state index is 13.0. The summed E-state index contributed by atoms with van der Waals surface area (Å²) in [5.74, 6) is -1.98. The summed E-state index contributed by atoms with van der Waals surface area (Å²) in [5.41, 5.74) is 0. The minimum Gasteiger partial charge on any atom is -0.477 e. The summed E-state index contributed by atoms with van der Waals surface area (Å²) in [6, 6.07) is 0. The van der Waals surface area contributed by atoms with Gasteiger partial charge < -0.3 is 28.5 Å². The van der Waals surface area contributed by atoms with Crippen LogP contribution < -0.4 is 0 Å². The first-order valence-corrected chi connectivity index (χ1v) is 37.2. The monoisotopic (exact) mass is 1200 g/mol. The van der Waals surface area contributed by atoms with Crippen LogP contribution in [0.3, 0.4) is 0 Å². The number of carbonyl (C=O) groups excluding carboxylic acids is 2. The third-order valence-corrected chi connectivity index (χ3v) is 16.9. The molecule has 0 aliphatic heterocycles. The number of rotatable bonds is 70. The quantitative estimate of drug-likeness (QED) is 0.0211. The van der Waals surface area contributed by atoms with Crippen molar-refractivity contribution < 1.29 is 42.9 Å². The highest BCUT2D eigenvalue weighted by Gasteiger charge is 2.25. The summed E-state index contributed by atoms with van der Waals surface area (Å²) in [4.78, 5) is 37.7. The smallest absolute Gasteiger partial charge is 0.361 e. The van der Waals surface area contributed by atoms with Crippen molar-refractivity contribution in [2.45, 2.75) is 386 Å². The van der Waals surface area contributed by atoms with Crippen molar-refractivity contribution in [3.8, 4) is 0 Å². The zero-order valence-electron chi connectivity index (χ0n) is 57.3. The summed E-state index contributed by atoms with van der Waals surface area (Å²) in [6.07, 6.45) is 82.8. The van der Waals surface area contributed by atoms with Gasteiger partial charge in [-0.1, -0.05) is 326 Å². The summed E-state index contributed by atoms with van der Waals surface area (Å²) >= 11 is 0. The molecule has 0 rings (SSSR count). The van der Waals surface area contributed by atoms with Crippen LogP contribution in [0.2, 0.25) is 0 Å². The van der Waals surface area contributed by atoms with Gasteiger partial charge in [-0.15, -0.1) is 0 Å². The van der Waals surface area contributed by atoms with Crippen molar-refractivity contribution >= 4 is 17.9 Å². The zero-order valence-corrected chi connectivity index (χ0v) is 57.3.